The molecule has 1 amide bonds. The number of benzene rings is 1. The van der Waals surface area contributed by atoms with E-state index in [9.17, 15) is 9.90 Å². The maximum Gasteiger partial charge on any atom is 0.407 e. The van der Waals surface area contributed by atoms with Crippen molar-refractivity contribution in [1.29, 1.82) is 0 Å². The van der Waals surface area contributed by atoms with Crippen LogP contribution in [0.25, 0.3) is 10.2 Å². The number of aromatic nitrogens is 1. The lowest BCUT2D eigenvalue weighted by Gasteiger charge is -2.24. The zero-order valence-electron chi connectivity index (χ0n) is 10.2. The summed E-state index contributed by atoms with van der Waals surface area (Å²) in [5.74, 6) is 0. The molecule has 1 saturated heterocycles. The summed E-state index contributed by atoms with van der Waals surface area (Å²) < 4.78 is 1.01. The Morgan fingerprint density at radius 2 is 2.26 bits per heavy atom. The first-order valence-electron chi connectivity index (χ1n) is 6.20. The van der Waals surface area contributed by atoms with Crippen LogP contribution in [-0.4, -0.2) is 38.8 Å². The average molecular weight is 278 g/mol. The number of rotatable bonds is 2. The van der Waals surface area contributed by atoms with Crippen LogP contribution in [-0.2, 0) is 0 Å². The largest absolute Gasteiger partial charge is 0.465 e. The van der Waals surface area contributed by atoms with Crippen molar-refractivity contribution in [3.8, 4) is 0 Å². The Morgan fingerprint density at radius 1 is 1.47 bits per heavy atom. The summed E-state index contributed by atoms with van der Waals surface area (Å²) in [5.41, 5.74) is 0.849. The van der Waals surface area contributed by atoms with E-state index in [4.69, 9.17) is 5.11 Å². The molecule has 19 heavy (non-hydrogen) atoms. The van der Waals surface area contributed by atoms with Gasteiger partial charge >= 0.3 is 6.09 Å². The highest BCUT2D eigenvalue weighted by molar-refractivity contribution is 7.18. The lowest BCUT2D eigenvalue weighted by molar-refractivity contribution is 0.0677. The summed E-state index contributed by atoms with van der Waals surface area (Å²) in [6.07, 6.45) is -0.332. The number of likely N-dealkylation sites (tertiary alicyclic amines) is 1. The fourth-order valence-corrected chi connectivity index (χ4v) is 3.55. The van der Waals surface area contributed by atoms with E-state index < -0.39 is 12.2 Å². The van der Waals surface area contributed by atoms with Crippen LogP contribution in [0.15, 0.2) is 24.3 Å². The Balaban J connectivity index is 1.90. The molecule has 6 heteroatoms. The number of aliphatic hydroxyl groups is 1. The molecule has 1 aliphatic rings. The van der Waals surface area contributed by atoms with E-state index >= 15 is 0 Å². The second kappa shape index (κ2) is 4.79. The number of carbonyl (C=O) groups is 1. The molecule has 1 aliphatic heterocycles. The molecule has 1 aromatic heterocycles. The normalized spacial score (nSPS) is 20.9. The predicted octanol–water partition coefficient (Wildman–Crippen LogP) is 2.47. The molecule has 5 nitrogen and oxygen atoms in total. The molecule has 2 heterocycles. The number of carboxylic acid groups (broad SMARTS) is 1. The van der Waals surface area contributed by atoms with E-state index in [1.54, 1.807) is 0 Å². The van der Waals surface area contributed by atoms with Gasteiger partial charge in [-0.25, -0.2) is 9.78 Å². The van der Waals surface area contributed by atoms with Gasteiger partial charge in [-0.15, -0.1) is 11.3 Å². The number of amides is 1. The molecule has 2 N–H and O–H groups in total. The van der Waals surface area contributed by atoms with E-state index in [-0.39, 0.29) is 6.04 Å². The van der Waals surface area contributed by atoms with Gasteiger partial charge in [0.25, 0.3) is 0 Å². The minimum atomic E-state index is -0.970. The van der Waals surface area contributed by atoms with Crippen molar-refractivity contribution >= 4 is 27.6 Å². The molecule has 3 rings (SSSR count). The number of hydrogen-bond acceptors (Lipinski definition) is 4. The highest BCUT2D eigenvalue weighted by atomic mass is 32.1. The smallest absolute Gasteiger partial charge is 0.407 e. The van der Waals surface area contributed by atoms with Gasteiger partial charge in [0, 0.05) is 6.54 Å². The Kier molecular flexibility index (Phi) is 3.12. The number of thiazole rings is 1. The quantitative estimate of drug-likeness (QED) is 0.885. The molecule has 0 saturated carbocycles. The van der Waals surface area contributed by atoms with Gasteiger partial charge in [-0.05, 0) is 25.0 Å². The van der Waals surface area contributed by atoms with Gasteiger partial charge in [0.2, 0.25) is 0 Å². The number of hydrogen-bond donors (Lipinski definition) is 2. The second-order valence-electron chi connectivity index (χ2n) is 4.65. The maximum absolute atomic E-state index is 11.1. The van der Waals surface area contributed by atoms with Crippen LogP contribution in [0.1, 0.15) is 24.0 Å². The zero-order valence-corrected chi connectivity index (χ0v) is 11.0. The fraction of sp³-hybridized carbons (Fsp3) is 0.385. The number of fused-ring (bicyclic) bond motifs is 1. The number of aliphatic hydroxyl groups excluding tert-OH is 1. The minimum Gasteiger partial charge on any atom is -0.465 e. The van der Waals surface area contributed by atoms with E-state index in [0.29, 0.717) is 18.0 Å². The Morgan fingerprint density at radius 3 is 3.00 bits per heavy atom. The summed E-state index contributed by atoms with van der Waals surface area (Å²) in [6.45, 7) is 0.488. The third-order valence-corrected chi connectivity index (χ3v) is 4.58. The molecule has 1 unspecified atom stereocenters. The van der Waals surface area contributed by atoms with Gasteiger partial charge in [-0.3, -0.25) is 0 Å². The van der Waals surface area contributed by atoms with E-state index in [2.05, 4.69) is 4.98 Å². The first-order chi connectivity index (χ1) is 9.16. The minimum absolute atomic E-state index is 0.377. The van der Waals surface area contributed by atoms with Gasteiger partial charge in [-0.1, -0.05) is 12.1 Å². The van der Waals surface area contributed by atoms with Crippen molar-refractivity contribution in [3.05, 3.63) is 29.3 Å². The van der Waals surface area contributed by atoms with Crippen LogP contribution in [0.4, 0.5) is 4.79 Å². The third-order valence-electron chi connectivity index (χ3n) is 3.47. The molecule has 2 aromatic rings. The highest BCUT2D eigenvalue weighted by Crippen LogP contribution is 2.33. The molecule has 2 atom stereocenters. The van der Waals surface area contributed by atoms with E-state index in [1.165, 1.54) is 16.2 Å². The van der Waals surface area contributed by atoms with Crippen molar-refractivity contribution in [2.45, 2.75) is 25.0 Å². The molecular weight excluding hydrogens is 264 g/mol. The van der Waals surface area contributed by atoms with Crippen molar-refractivity contribution in [2.75, 3.05) is 6.54 Å². The average Bonchev–Trinajstić information content (AvgIpc) is 3.04. The van der Waals surface area contributed by atoms with Crippen molar-refractivity contribution < 1.29 is 15.0 Å². The monoisotopic (exact) mass is 278 g/mol. The summed E-state index contributed by atoms with van der Waals surface area (Å²) in [7, 11) is 0. The van der Waals surface area contributed by atoms with E-state index in [0.717, 1.165) is 16.6 Å². The van der Waals surface area contributed by atoms with Crippen LogP contribution in [0.5, 0.6) is 0 Å². The fourth-order valence-electron chi connectivity index (χ4n) is 2.54. The SMILES string of the molecule is O=C(O)N1CCCC1[C@@H](O)c1nc2ccccc2s1. The van der Waals surface area contributed by atoms with Gasteiger partial charge < -0.3 is 15.1 Å². The second-order valence-corrected chi connectivity index (χ2v) is 5.71. The standard InChI is InChI=1S/C13H14N2O3S/c16-11(9-5-3-7-15(9)13(17)18)12-14-8-4-1-2-6-10(8)19-12/h1-2,4,6,9,11,16H,3,5,7H2,(H,17,18)/t9?,11-/m1/s1. The van der Waals surface area contributed by atoms with Crippen LogP contribution >= 0.6 is 11.3 Å². The Bertz CT molecular complexity index is 580. The first kappa shape index (κ1) is 12.4. The highest BCUT2D eigenvalue weighted by Gasteiger charge is 2.36. The lowest BCUT2D eigenvalue weighted by atomic mass is 10.1. The molecule has 1 fully saturated rings. The summed E-state index contributed by atoms with van der Waals surface area (Å²) in [4.78, 5) is 16.8. The molecule has 1 aromatic carbocycles. The van der Waals surface area contributed by atoms with E-state index in [1.807, 2.05) is 24.3 Å². The maximum atomic E-state index is 11.1. The van der Waals surface area contributed by atoms with Crippen molar-refractivity contribution in [1.82, 2.24) is 9.88 Å². The summed E-state index contributed by atoms with van der Waals surface area (Å²) >= 11 is 1.43. The third kappa shape index (κ3) is 2.17. The summed E-state index contributed by atoms with van der Waals surface area (Å²) in [6, 6.07) is 7.30. The van der Waals surface area contributed by atoms with Gasteiger partial charge in [0.1, 0.15) is 11.1 Å². The van der Waals surface area contributed by atoms with Gasteiger partial charge in [0.15, 0.2) is 0 Å². The number of nitrogens with zero attached hydrogens (tertiary/aromatic N) is 2. The molecule has 0 radical (unpaired) electrons. The zero-order chi connectivity index (χ0) is 13.4. The van der Waals surface area contributed by atoms with Crippen LogP contribution in [0.2, 0.25) is 0 Å². The molecule has 0 aliphatic carbocycles. The van der Waals surface area contributed by atoms with Crippen LogP contribution in [0.3, 0.4) is 0 Å². The predicted molar refractivity (Wildman–Crippen MR) is 72.3 cm³/mol. The first-order valence-corrected chi connectivity index (χ1v) is 7.01. The molecule has 100 valence electrons. The molecular formula is C13H14N2O3S. The molecule has 0 bridgehead atoms. The summed E-state index contributed by atoms with van der Waals surface area (Å²) in [5, 5.41) is 20.1. The van der Waals surface area contributed by atoms with Crippen LogP contribution < -0.4 is 0 Å². The topological polar surface area (TPSA) is 73.7 Å². The molecule has 0 spiro atoms. The Labute approximate surface area is 114 Å². The van der Waals surface area contributed by atoms with Gasteiger partial charge in [-0.2, -0.15) is 0 Å². The van der Waals surface area contributed by atoms with Gasteiger partial charge in [0.05, 0.1) is 16.3 Å². The van der Waals surface area contributed by atoms with Crippen LogP contribution in [0, 0.1) is 0 Å². The van der Waals surface area contributed by atoms with Crippen molar-refractivity contribution in [2.24, 2.45) is 0 Å². The lowest BCUT2D eigenvalue weighted by Crippen LogP contribution is -2.38. The van der Waals surface area contributed by atoms with Crippen molar-refractivity contribution in [3.63, 3.8) is 0 Å². The Hall–Kier alpha value is -1.66. The number of para-hydroxylation sites is 1.